The van der Waals surface area contributed by atoms with Gasteiger partial charge in [0.15, 0.2) is 0 Å². The highest BCUT2D eigenvalue weighted by Gasteiger charge is 2.18. The molecule has 0 aromatic heterocycles. The first-order valence-electron chi connectivity index (χ1n) is 6.80. The van der Waals surface area contributed by atoms with Gasteiger partial charge in [-0.3, -0.25) is 0 Å². The highest BCUT2D eigenvalue weighted by molar-refractivity contribution is 5.18. The molecule has 1 N–H and O–H groups in total. The van der Waals surface area contributed by atoms with Crippen LogP contribution in [0.3, 0.4) is 0 Å². The third-order valence-corrected chi connectivity index (χ3v) is 3.45. The third-order valence-electron chi connectivity index (χ3n) is 3.45. The average Bonchev–Trinajstić information content (AvgIpc) is 2.88. The zero-order valence-corrected chi connectivity index (χ0v) is 10.7. The van der Waals surface area contributed by atoms with Crippen LogP contribution < -0.4 is 5.32 Å². The van der Waals surface area contributed by atoms with Gasteiger partial charge in [0.2, 0.25) is 0 Å². The fourth-order valence-corrected chi connectivity index (χ4v) is 2.49. The second-order valence-corrected chi connectivity index (χ2v) is 4.76. The van der Waals surface area contributed by atoms with E-state index in [-0.39, 0.29) is 0 Å². The normalized spacial score (nSPS) is 18.4. The molecule has 0 spiro atoms. The van der Waals surface area contributed by atoms with E-state index in [1.54, 1.807) is 0 Å². The van der Waals surface area contributed by atoms with Crippen LogP contribution in [0.2, 0.25) is 0 Å². The van der Waals surface area contributed by atoms with Crippen molar-refractivity contribution in [3.05, 3.63) is 35.9 Å². The minimum absolute atomic E-state index is 0.335. The van der Waals surface area contributed by atoms with Crippen LogP contribution in [-0.2, 0) is 4.74 Å². The van der Waals surface area contributed by atoms with Gasteiger partial charge in [0.25, 0.3) is 0 Å². The molecule has 1 aliphatic carbocycles. The first-order valence-corrected chi connectivity index (χ1v) is 6.80. The Bertz CT molecular complexity index is 306. The van der Waals surface area contributed by atoms with E-state index in [2.05, 4.69) is 42.6 Å². The Morgan fingerprint density at radius 3 is 2.59 bits per heavy atom. The van der Waals surface area contributed by atoms with Crippen molar-refractivity contribution in [1.82, 2.24) is 5.32 Å². The second kappa shape index (κ2) is 6.77. The molecule has 2 nitrogen and oxygen atoms in total. The van der Waals surface area contributed by atoms with Crippen molar-refractivity contribution < 1.29 is 4.74 Å². The first kappa shape index (κ1) is 12.6. The Balaban J connectivity index is 1.88. The Morgan fingerprint density at radius 2 is 1.94 bits per heavy atom. The molecular weight excluding hydrogens is 210 g/mol. The number of rotatable bonds is 6. The Kier molecular flexibility index (Phi) is 5.02. The summed E-state index contributed by atoms with van der Waals surface area (Å²) in [6.45, 7) is 3.92. The van der Waals surface area contributed by atoms with Crippen LogP contribution in [0, 0.1) is 0 Å². The Morgan fingerprint density at radius 1 is 1.24 bits per heavy atom. The van der Waals surface area contributed by atoms with Crippen molar-refractivity contribution in [3.8, 4) is 0 Å². The van der Waals surface area contributed by atoms with E-state index in [0.717, 1.165) is 13.2 Å². The van der Waals surface area contributed by atoms with E-state index in [4.69, 9.17) is 4.74 Å². The van der Waals surface area contributed by atoms with Gasteiger partial charge in [0.1, 0.15) is 0 Å². The highest BCUT2D eigenvalue weighted by atomic mass is 16.5. The maximum absolute atomic E-state index is 6.01. The molecule has 1 aromatic rings. The van der Waals surface area contributed by atoms with Crippen LogP contribution in [-0.4, -0.2) is 19.3 Å². The molecule has 1 fully saturated rings. The van der Waals surface area contributed by atoms with E-state index in [0.29, 0.717) is 12.1 Å². The van der Waals surface area contributed by atoms with E-state index < -0.39 is 0 Å². The monoisotopic (exact) mass is 233 g/mol. The number of ether oxygens (including phenoxy) is 1. The topological polar surface area (TPSA) is 21.3 Å². The lowest BCUT2D eigenvalue weighted by atomic mass is 10.1. The lowest BCUT2D eigenvalue weighted by molar-refractivity contribution is 0.0428. The largest absolute Gasteiger partial charge is 0.376 e. The van der Waals surface area contributed by atoms with Gasteiger partial charge >= 0.3 is 0 Å². The zero-order chi connectivity index (χ0) is 11.9. The summed E-state index contributed by atoms with van der Waals surface area (Å²) in [5.41, 5.74) is 1.33. The van der Waals surface area contributed by atoms with E-state index in [9.17, 15) is 0 Å². The average molecular weight is 233 g/mol. The van der Waals surface area contributed by atoms with Crippen LogP contribution in [0.4, 0.5) is 0 Å². The maximum atomic E-state index is 6.01. The molecule has 2 heteroatoms. The van der Waals surface area contributed by atoms with Crippen molar-refractivity contribution in [2.24, 2.45) is 0 Å². The summed E-state index contributed by atoms with van der Waals surface area (Å²) < 4.78 is 6.01. The number of hydrogen-bond donors (Lipinski definition) is 1. The fraction of sp³-hybridized carbons (Fsp3) is 0.600. The van der Waals surface area contributed by atoms with Gasteiger partial charge in [-0.2, -0.15) is 0 Å². The summed E-state index contributed by atoms with van der Waals surface area (Å²) in [6, 6.07) is 10.9. The molecule has 1 saturated carbocycles. The van der Waals surface area contributed by atoms with Crippen LogP contribution in [0.15, 0.2) is 30.3 Å². The van der Waals surface area contributed by atoms with Crippen LogP contribution in [0.1, 0.15) is 44.2 Å². The predicted octanol–water partition coefficient (Wildman–Crippen LogP) is 3.30. The van der Waals surface area contributed by atoms with Gasteiger partial charge in [0.05, 0.1) is 18.8 Å². The Hall–Kier alpha value is -0.860. The van der Waals surface area contributed by atoms with E-state index in [1.807, 2.05) is 0 Å². The van der Waals surface area contributed by atoms with Gasteiger partial charge in [-0.1, -0.05) is 50.1 Å². The number of benzene rings is 1. The molecule has 1 aliphatic rings. The van der Waals surface area contributed by atoms with Crippen molar-refractivity contribution >= 4 is 0 Å². The van der Waals surface area contributed by atoms with E-state index in [1.165, 1.54) is 31.2 Å². The van der Waals surface area contributed by atoms with Gasteiger partial charge in [0, 0.05) is 0 Å². The van der Waals surface area contributed by atoms with Crippen molar-refractivity contribution in [1.29, 1.82) is 0 Å². The summed E-state index contributed by atoms with van der Waals surface area (Å²) in [5.74, 6) is 0. The molecule has 94 valence electrons. The quantitative estimate of drug-likeness (QED) is 0.814. The molecule has 1 atom stereocenters. The molecule has 1 aromatic carbocycles. The van der Waals surface area contributed by atoms with Crippen LogP contribution >= 0.6 is 0 Å². The maximum Gasteiger partial charge on any atom is 0.0665 e. The van der Waals surface area contributed by atoms with Crippen molar-refractivity contribution in [3.63, 3.8) is 0 Å². The molecule has 0 bridgehead atoms. The van der Waals surface area contributed by atoms with Gasteiger partial charge in [-0.05, 0) is 24.9 Å². The Labute approximate surface area is 104 Å². The molecule has 0 aliphatic heterocycles. The summed E-state index contributed by atoms with van der Waals surface area (Å²) in [6.07, 6.45) is 5.66. The lowest BCUT2D eigenvalue weighted by Gasteiger charge is -2.21. The first-order chi connectivity index (χ1) is 8.40. The molecule has 0 saturated heterocycles. The molecular formula is C15H23NO. The minimum atomic E-state index is 0.335. The molecule has 0 radical (unpaired) electrons. The third kappa shape index (κ3) is 3.83. The summed E-state index contributed by atoms with van der Waals surface area (Å²) in [7, 11) is 0. The lowest BCUT2D eigenvalue weighted by Crippen LogP contribution is -2.27. The molecule has 1 unspecified atom stereocenters. The summed E-state index contributed by atoms with van der Waals surface area (Å²) in [4.78, 5) is 0. The number of nitrogens with one attached hydrogen (secondary N) is 1. The standard InChI is InChI=1S/C15H23NO/c1-2-16-15(13-8-4-3-5-9-13)12-17-14-10-6-7-11-14/h3-5,8-9,14-16H,2,6-7,10-12H2,1H3. The predicted molar refractivity (Wildman–Crippen MR) is 71.1 cm³/mol. The van der Waals surface area contributed by atoms with Crippen molar-refractivity contribution in [2.45, 2.75) is 44.8 Å². The van der Waals surface area contributed by atoms with Crippen molar-refractivity contribution in [2.75, 3.05) is 13.2 Å². The number of likely N-dealkylation sites (N-methyl/N-ethyl adjacent to an activating group) is 1. The minimum Gasteiger partial charge on any atom is -0.376 e. The second-order valence-electron chi connectivity index (χ2n) is 4.76. The van der Waals surface area contributed by atoms with Gasteiger partial charge in [-0.15, -0.1) is 0 Å². The summed E-state index contributed by atoms with van der Waals surface area (Å²) in [5, 5.41) is 3.50. The molecule has 0 heterocycles. The van der Waals surface area contributed by atoms with Crippen LogP contribution in [0.25, 0.3) is 0 Å². The van der Waals surface area contributed by atoms with E-state index >= 15 is 0 Å². The summed E-state index contributed by atoms with van der Waals surface area (Å²) >= 11 is 0. The molecule has 2 rings (SSSR count). The molecule has 17 heavy (non-hydrogen) atoms. The van der Waals surface area contributed by atoms with Gasteiger partial charge in [-0.25, -0.2) is 0 Å². The number of hydrogen-bond acceptors (Lipinski definition) is 2. The zero-order valence-electron chi connectivity index (χ0n) is 10.7. The van der Waals surface area contributed by atoms with Gasteiger partial charge < -0.3 is 10.1 Å². The molecule has 0 amide bonds. The fourth-order valence-electron chi connectivity index (χ4n) is 2.49. The highest BCUT2D eigenvalue weighted by Crippen LogP contribution is 2.22. The SMILES string of the molecule is CCNC(COC1CCCC1)c1ccccc1. The smallest absolute Gasteiger partial charge is 0.0665 e. The van der Waals surface area contributed by atoms with Crippen LogP contribution in [0.5, 0.6) is 0 Å².